The van der Waals surface area contributed by atoms with Crippen molar-refractivity contribution in [3.05, 3.63) is 58.6 Å². The number of rotatable bonds is 10. The van der Waals surface area contributed by atoms with Gasteiger partial charge in [-0.2, -0.15) is 0 Å². The molecular weight excluding hydrogens is 378 g/mol. The maximum atomic E-state index is 12.2. The zero-order valence-electron chi connectivity index (χ0n) is 16.2. The predicted molar refractivity (Wildman–Crippen MR) is 112 cm³/mol. The molecule has 0 aromatic heterocycles. The summed E-state index contributed by atoms with van der Waals surface area (Å²) in [5.41, 5.74) is 2.09. The van der Waals surface area contributed by atoms with Crippen molar-refractivity contribution in [1.82, 2.24) is 10.6 Å². The van der Waals surface area contributed by atoms with E-state index in [0.717, 1.165) is 17.7 Å². The monoisotopic (exact) mass is 403 g/mol. The van der Waals surface area contributed by atoms with E-state index in [1.807, 2.05) is 38.1 Å². The Morgan fingerprint density at radius 3 is 2.64 bits per heavy atom. The minimum absolute atomic E-state index is 0.0266. The summed E-state index contributed by atoms with van der Waals surface area (Å²) in [6, 6.07) is 12.7. The van der Waals surface area contributed by atoms with Gasteiger partial charge in [0.05, 0.1) is 18.7 Å². The molecule has 150 valence electrons. The van der Waals surface area contributed by atoms with Crippen LogP contribution in [0.15, 0.2) is 42.5 Å². The summed E-state index contributed by atoms with van der Waals surface area (Å²) in [5, 5.41) is 9.06. The number of halogens is 1. The van der Waals surface area contributed by atoms with Gasteiger partial charge in [-0.1, -0.05) is 30.7 Å². The third-order valence-electron chi connectivity index (χ3n) is 3.88. The number of benzene rings is 2. The third kappa shape index (κ3) is 7.12. The molecule has 3 N–H and O–H groups in total. The van der Waals surface area contributed by atoms with Crippen LogP contribution in [-0.4, -0.2) is 38.1 Å². The molecule has 0 saturated heterocycles. The van der Waals surface area contributed by atoms with Crippen LogP contribution in [0.1, 0.15) is 29.3 Å². The van der Waals surface area contributed by atoms with Crippen molar-refractivity contribution < 1.29 is 14.3 Å². The quantitative estimate of drug-likeness (QED) is 0.531. The normalized spacial score (nSPS) is 10.2. The maximum absolute atomic E-state index is 12.2. The molecule has 6 nitrogen and oxygen atoms in total. The summed E-state index contributed by atoms with van der Waals surface area (Å²) in [6.45, 7) is 5.34. The summed E-state index contributed by atoms with van der Waals surface area (Å²) in [6.07, 6.45) is 0.842. The first-order valence-electron chi connectivity index (χ1n) is 9.27. The summed E-state index contributed by atoms with van der Waals surface area (Å²) in [4.78, 5) is 24.3. The smallest absolute Gasteiger partial charge is 0.253 e. The Labute approximate surface area is 170 Å². The molecule has 0 spiro atoms. The average molecular weight is 404 g/mol. The highest BCUT2D eigenvalue weighted by Crippen LogP contribution is 2.21. The first-order chi connectivity index (χ1) is 13.5. The molecule has 2 amide bonds. The van der Waals surface area contributed by atoms with E-state index >= 15 is 0 Å². The second-order valence-corrected chi connectivity index (χ2v) is 6.75. The lowest BCUT2D eigenvalue weighted by Crippen LogP contribution is -2.33. The Morgan fingerprint density at radius 2 is 1.89 bits per heavy atom. The van der Waals surface area contributed by atoms with Crippen LogP contribution in [-0.2, 0) is 4.79 Å². The largest absolute Gasteiger partial charge is 0.492 e. The van der Waals surface area contributed by atoms with Crippen molar-refractivity contribution in [2.45, 2.75) is 20.3 Å². The first-order valence-corrected chi connectivity index (χ1v) is 9.65. The minimum Gasteiger partial charge on any atom is -0.492 e. The second-order valence-electron chi connectivity index (χ2n) is 6.31. The van der Waals surface area contributed by atoms with Crippen molar-refractivity contribution in [3.8, 4) is 5.75 Å². The molecule has 0 fully saturated rings. The van der Waals surface area contributed by atoms with Gasteiger partial charge in [-0.25, -0.2) is 0 Å². The van der Waals surface area contributed by atoms with Gasteiger partial charge in [0.1, 0.15) is 12.4 Å². The Hall–Kier alpha value is -2.73. The lowest BCUT2D eigenvalue weighted by atomic mass is 10.1. The van der Waals surface area contributed by atoms with Crippen molar-refractivity contribution in [2.75, 3.05) is 31.6 Å². The van der Waals surface area contributed by atoms with Crippen molar-refractivity contribution >= 4 is 29.1 Å². The number of carbonyl (C=O) groups excluding carboxylic acids is 2. The molecule has 0 aliphatic heterocycles. The summed E-state index contributed by atoms with van der Waals surface area (Å²) in [7, 11) is 0. The van der Waals surface area contributed by atoms with E-state index in [-0.39, 0.29) is 18.4 Å². The molecule has 0 aliphatic rings. The fraction of sp³-hybridized carbons (Fsp3) is 0.333. The van der Waals surface area contributed by atoms with Gasteiger partial charge < -0.3 is 20.7 Å². The molecule has 0 radical (unpaired) electrons. The molecule has 2 rings (SSSR count). The standard InChI is InChI=1S/C21H26ClN3O3/c1-3-9-24-21(27)18-8-7-16(22)13-19(18)25-14-20(26)23-10-11-28-17-6-4-5-15(2)12-17/h4-8,12-13,25H,3,9-11,14H2,1-2H3,(H,23,26)(H,24,27). The number of carbonyl (C=O) groups is 2. The topological polar surface area (TPSA) is 79.5 Å². The van der Waals surface area contributed by atoms with Crippen LogP contribution in [0, 0.1) is 6.92 Å². The number of ether oxygens (including phenoxy) is 1. The Kier molecular flexibility index (Phi) is 8.62. The van der Waals surface area contributed by atoms with Gasteiger partial charge >= 0.3 is 0 Å². The molecule has 2 aromatic carbocycles. The number of nitrogens with one attached hydrogen (secondary N) is 3. The van der Waals surface area contributed by atoms with Crippen LogP contribution in [0.2, 0.25) is 5.02 Å². The Morgan fingerprint density at radius 1 is 1.07 bits per heavy atom. The Balaban J connectivity index is 1.80. The SMILES string of the molecule is CCCNC(=O)c1ccc(Cl)cc1NCC(=O)NCCOc1cccc(C)c1. The van der Waals surface area contributed by atoms with Gasteiger partial charge in [0, 0.05) is 17.3 Å². The maximum Gasteiger partial charge on any atom is 0.253 e. The summed E-state index contributed by atoms with van der Waals surface area (Å²) >= 11 is 6.02. The zero-order valence-corrected chi connectivity index (χ0v) is 16.9. The second kappa shape index (κ2) is 11.2. The molecule has 0 aliphatic carbocycles. The summed E-state index contributed by atoms with van der Waals surface area (Å²) in [5.74, 6) is 0.370. The fourth-order valence-corrected chi connectivity index (χ4v) is 2.67. The van der Waals surface area contributed by atoms with Gasteiger partial charge in [-0.05, 0) is 49.2 Å². The minimum atomic E-state index is -0.201. The van der Waals surface area contributed by atoms with Crippen LogP contribution in [0.5, 0.6) is 5.75 Å². The number of hydrogen-bond donors (Lipinski definition) is 3. The molecule has 0 atom stereocenters. The molecule has 0 unspecified atom stereocenters. The lowest BCUT2D eigenvalue weighted by molar-refractivity contribution is -0.119. The van der Waals surface area contributed by atoms with Crippen LogP contribution in [0.25, 0.3) is 0 Å². The molecule has 0 saturated carbocycles. The van der Waals surface area contributed by atoms with Crippen LogP contribution >= 0.6 is 11.6 Å². The number of aryl methyl sites for hydroxylation is 1. The predicted octanol–water partition coefficient (Wildman–Crippen LogP) is 3.40. The van der Waals surface area contributed by atoms with Crippen molar-refractivity contribution in [1.29, 1.82) is 0 Å². The zero-order chi connectivity index (χ0) is 20.4. The highest BCUT2D eigenvalue weighted by molar-refractivity contribution is 6.31. The van der Waals surface area contributed by atoms with E-state index in [0.29, 0.717) is 36.0 Å². The van der Waals surface area contributed by atoms with Gasteiger partial charge in [0.25, 0.3) is 5.91 Å². The van der Waals surface area contributed by atoms with E-state index in [2.05, 4.69) is 16.0 Å². The van der Waals surface area contributed by atoms with Gasteiger partial charge in [-0.3, -0.25) is 9.59 Å². The molecule has 7 heteroatoms. The van der Waals surface area contributed by atoms with E-state index < -0.39 is 0 Å². The molecular formula is C21H26ClN3O3. The molecule has 0 heterocycles. The van der Waals surface area contributed by atoms with E-state index in [4.69, 9.17) is 16.3 Å². The van der Waals surface area contributed by atoms with Crippen molar-refractivity contribution in [3.63, 3.8) is 0 Å². The van der Waals surface area contributed by atoms with E-state index in [1.54, 1.807) is 18.2 Å². The molecule has 28 heavy (non-hydrogen) atoms. The number of anilines is 1. The van der Waals surface area contributed by atoms with Gasteiger partial charge in [0.2, 0.25) is 5.91 Å². The number of hydrogen-bond acceptors (Lipinski definition) is 4. The summed E-state index contributed by atoms with van der Waals surface area (Å²) < 4.78 is 5.60. The highest BCUT2D eigenvalue weighted by atomic mass is 35.5. The van der Waals surface area contributed by atoms with Crippen LogP contribution in [0.4, 0.5) is 5.69 Å². The van der Waals surface area contributed by atoms with Crippen LogP contribution < -0.4 is 20.7 Å². The highest BCUT2D eigenvalue weighted by Gasteiger charge is 2.12. The van der Waals surface area contributed by atoms with E-state index in [9.17, 15) is 9.59 Å². The van der Waals surface area contributed by atoms with Crippen LogP contribution in [0.3, 0.4) is 0 Å². The number of amides is 2. The van der Waals surface area contributed by atoms with Crippen molar-refractivity contribution in [2.24, 2.45) is 0 Å². The van der Waals surface area contributed by atoms with Gasteiger partial charge in [-0.15, -0.1) is 0 Å². The fourth-order valence-electron chi connectivity index (χ4n) is 2.50. The van der Waals surface area contributed by atoms with E-state index in [1.165, 1.54) is 0 Å². The first kappa shape index (κ1) is 21.6. The average Bonchev–Trinajstić information content (AvgIpc) is 2.68. The van der Waals surface area contributed by atoms with Gasteiger partial charge in [0.15, 0.2) is 0 Å². The molecule has 0 bridgehead atoms. The lowest BCUT2D eigenvalue weighted by Gasteiger charge is -2.13. The third-order valence-corrected chi connectivity index (χ3v) is 4.12. The Bertz CT molecular complexity index is 811. The molecule has 2 aromatic rings.